The van der Waals surface area contributed by atoms with E-state index in [1.54, 1.807) is 0 Å². The van der Waals surface area contributed by atoms with E-state index in [1.165, 1.54) is 39.8 Å². The Labute approximate surface area is 192 Å². The third-order valence-electron chi connectivity index (χ3n) is 5.64. The van der Waals surface area contributed by atoms with Crippen LogP contribution >= 0.6 is 0 Å². The molecule has 0 fully saturated rings. The quantitative estimate of drug-likeness (QED) is 0.287. The van der Waals surface area contributed by atoms with Crippen molar-refractivity contribution in [3.05, 3.63) is 119 Å². The number of rotatable bonds is 2. The van der Waals surface area contributed by atoms with Gasteiger partial charge in [0.15, 0.2) is 0 Å². The summed E-state index contributed by atoms with van der Waals surface area (Å²) in [7, 11) is 0. The van der Waals surface area contributed by atoms with E-state index in [2.05, 4.69) is 86.6 Å². The second kappa shape index (κ2) is 10.2. The van der Waals surface area contributed by atoms with Gasteiger partial charge in [-0.3, -0.25) is 0 Å². The highest BCUT2D eigenvalue weighted by Gasteiger charge is 2.45. The summed E-state index contributed by atoms with van der Waals surface area (Å²) < 4.78 is 0. The second-order valence-electron chi connectivity index (χ2n) is 7.79. The number of anilines is 2. The van der Waals surface area contributed by atoms with Gasteiger partial charge in [-0.05, 0) is 57.6 Å². The molecule has 5 rings (SSSR count). The minimum atomic E-state index is -0.380. The van der Waals surface area contributed by atoms with Crippen LogP contribution in [0.3, 0.4) is 0 Å². The number of nitrogen functional groups attached to an aromatic ring is 2. The second-order valence-corrected chi connectivity index (χ2v) is 7.79. The van der Waals surface area contributed by atoms with E-state index in [0.29, 0.717) is 0 Å². The smallest absolute Gasteiger partial charge is 0.0713 e. The molecular formula is C30H34N2. The summed E-state index contributed by atoms with van der Waals surface area (Å²) >= 11 is 0. The van der Waals surface area contributed by atoms with Crippen LogP contribution in [0.2, 0.25) is 0 Å². The van der Waals surface area contributed by atoms with Crippen LogP contribution in [0, 0.1) is 0 Å². The van der Waals surface area contributed by atoms with Gasteiger partial charge in [-0.15, -0.1) is 0 Å². The van der Waals surface area contributed by atoms with Gasteiger partial charge in [0.25, 0.3) is 0 Å². The Kier molecular flexibility index (Phi) is 7.37. The average molecular weight is 423 g/mol. The van der Waals surface area contributed by atoms with Crippen LogP contribution in [0.25, 0.3) is 11.1 Å². The SMILES string of the molecule is CC.CCC.Nc1ccc(C2(c3ccc(N)cc3)c3ccccc3-c3ccccc32)cc1. The van der Waals surface area contributed by atoms with Crippen molar-refractivity contribution in [3.8, 4) is 11.1 Å². The lowest BCUT2D eigenvalue weighted by Gasteiger charge is -2.34. The number of hydrogen-bond donors (Lipinski definition) is 2. The van der Waals surface area contributed by atoms with E-state index in [0.717, 1.165) is 11.4 Å². The molecule has 0 aromatic heterocycles. The summed E-state index contributed by atoms with van der Waals surface area (Å²) in [6.07, 6.45) is 1.25. The molecule has 1 aliphatic rings. The van der Waals surface area contributed by atoms with Crippen LogP contribution in [0.5, 0.6) is 0 Å². The molecule has 0 saturated carbocycles. The Hall–Kier alpha value is -3.52. The van der Waals surface area contributed by atoms with Crippen molar-refractivity contribution < 1.29 is 0 Å². The fourth-order valence-electron chi connectivity index (χ4n) is 4.49. The van der Waals surface area contributed by atoms with Crippen LogP contribution in [0.15, 0.2) is 97.1 Å². The Bertz CT molecular complexity index is 1050. The van der Waals surface area contributed by atoms with Crippen molar-refractivity contribution in [1.82, 2.24) is 0 Å². The molecule has 4 N–H and O–H groups in total. The molecule has 0 radical (unpaired) electrons. The summed E-state index contributed by atoms with van der Waals surface area (Å²) in [6, 6.07) is 33.9. The van der Waals surface area contributed by atoms with Gasteiger partial charge in [-0.25, -0.2) is 0 Å². The van der Waals surface area contributed by atoms with Crippen LogP contribution in [-0.4, -0.2) is 0 Å². The zero-order chi connectivity index (χ0) is 23.1. The minimum absolute atomic E-state index is 0.380. The molecule has 0 spiro atoms. The average Bonchev–Trinajstić information content (AvgIpc) is 3.13. The van der Waals surface area contributed by atoms with Crippen molar-refractivity contribution in [2.24, 2.45) is 0 Å². The molecule has 0 aliphatic heterocycles. The van der Waals surface area contributed by atoms with Crippen LogP contribution < -0.4 is 11.5 Å². The third-order valence-corrected chi connectivity index (χ3v) is 5.64. The summed E-state index contributed by atoms with van der Waals surface area (Å²) in [5.74, 6) is 0. The third kappa shape index (κ3) is 3.89. The highest BCUT2D eigenvalue weighted by Crippen LogP contribution is 2.55. The maximum atomic E-state index is 6.00. The lowest BCUT2D eigenvalue weighted by Crippen LogP contribution is -2.28. The molecule has 0 atom stereocenters. The number of hydrogen-bond acceptors (Lipinski definition) is 2. The van der Waals surface area contributed by atoms with Gasteiger partial charge in [-0.1, -0.05) is 107 Å². The molecule has 0 unspecified atom stereocenters. The molecular weight excluding hydrogens is 388 g/mol. The minimum Gasteiger partial charge on any atom is -0.399 e. The highest BCUT2D eigenvalue weighted by molar-refractivity contribution is 5.86. The maximum absolute atomic E-state index is 6.00. The first kappa shape index (κ1) is 23.1. The molecule has 0 bridgehead atoms. The predicted octanol–water partition coefficient (Wildman–Crippen LogP) is 7.66. The highest BCUT2D eigenvalue weighted by atomic mass is 14.6. The lowest BCUT2D eigenvalue weighted by atomic mass is 9.67. The molecule has 4 aromatic rings. The maximum Gasteiger partial charge on any atom is 0.0713 e. The Balaban J connectivity index is 0.000000536. The number of benzene rings is 4. The van der Waals surface area contributed by atoms with Crippen LogP contribution in [-0.2, 0) is 5.41 Å². The fraction of sp³-hybridized carbons (Fsp3) is 0.200. The molecule has 0 saturated heterocycles. The Morgan fingerprint density at radius 2 is 0.844 bits per heavy atom. The van der Waals surface area contributed by atoms with E-state index < -0.39 is 0 Å². The van der Waals surface area contributed by atoms with E-state index in [1.807, 2.05) is 38.1 Å². The monoisotopic (exact) mass is 422 g/mol. The first-order valence-corrected chi connectivity index (χ1v) is 11.5. The summed E-state index contributed by atoms with van der Waals surface area (Å²) in [4.78, 5) is 0. The zero-order valence-corrected chi connectivity index (χ0v) is 19.6. The van der Waals surface area contributed by atoms with Gasteiger partial charge in [0.05, 0.1) is 5.41 Å². The normalized spacial score (nSPS) is 12.4. The molecule has 2 nitrogen and oxygen atoms in total. The van der Waals surface area contributed by atoms with E-state index in [-0.39, 0.29) is 5.41 Å². The van der Waals surface area contributed by atoms with E-state index >= 15 is 0 Å². The Morgan fingerprint density at radius 1 is 0.531 bits per heavy atom. The first-order valence-electron chi connectivity index (χ1n) is 11.5. The zero-order valence-electron chi connectivity index (χ0n) is 19.6. The van der Waals surface area contributed by atoms with Gasteiger partial charge >= 0.3 is 0 Å². The number of fused-ring (bicyclic) bond motifs is 3. The number of nitrogens with two attached hydrogens (primary N) is 2. The van der Waals surface area contributed by atoms with E-state index in [4.69, 9.17) is 11.5 Å². The summed E-state index contributed by atoms with van der Waals surface area (Å²) in [5, 5.41) is 0. The molecule has 2 heteroatoms. The van der Waals surface area contributed by atoms with Crippen molar-refractivity contribution in [3.63, 3.8) is 0 Å². The van der Waals surface area contributed by atoms with Crippen LogP contribution in [0.4, 0.5) is 11.4 Å². The van der Waals surface area contributed by atoms with Gasteiger partial charge in [-0.2, -0.15) is 0 Å². The van der Waals surface area contributed by atoms with Crippen molar-refractivity contribution >= 4 is 11.4 Å². The van der Waals surface area contributed by atoms with Gasteiger partial charge in [0, 0.05) is 11.4 Å². The molecule has 32 heavy (non-hydrogen) atoms. The fourth-order valence-corrected chi connectivity index (χ4v) is 4.49. The van der Waals surface area contributed by atoms with Gasteiger partial charge < -0.3 is 11.5 Å². The van der Waals surface area contributed by atoms with Crippen molar-refractivity contribution in [1.29, 1.82) is 0 Å². The molecule has 164 valence electrons. The van der Waals surface area contributed by atoms with Crippen molar-refractivity contribution in [2.75, 3.05) is 11.5 Å². The summed E-state index contributed by atoms with van der Waals surface area (Å²) in [6.45, 7) is 8.25. The lowest BCUT2D eigenvalue weighted by molar-refractivity contribution is 0.769. The van der Waals surface area contributed by atoms with Crippen molar-refractivity contribution in [2.45, 2.75) is 39.5 Å². The van der Waals surface area contributed by atoms with Gasteiger partial charge in [0.1, 0.15) is 0 Å². The molecule has 1 aliphatic carbocycles. The molecule has 0 amide bonds. The first-order chi connectivity index (χ1) is 15.6. The largest absolute Gasteiger partial charge is 0.399 e. The predicted molar refractivity (Wildman–Crippen MR) is 140 cm³/mol. The standard InChI is InChI=1S/C25H20N2.C3H8.C2H6/c26-19-13-9-17(10-14-19)25(18-11-15-20(27)16-12-18)23-7-3-1-5-21(23)22-6-2-4-8-24(22)25;1-3-2;1-2/h1-16H,26-27H2;3H2,1-2H3;1-2H3. The molecule has 0 heterocycles. The van der Waals surface area contributed by atoms with E-state index in [9.17, 15) is 0 Å². The summed E-state index contributed by atoms with van der Waals surface area (Å²) in [5.41, 5.74) is 20.7. The Morgan fingerprint density at radius 3 is 1.19 bits per heavy atom. The van der Waals surface area contributed by atoms with Gasteiger partial charge in [0.2, 0.25) is 0 Å². The van der Waals surface area contributed by atoms with Crippen LogP contribution in [0.1, 0.15) is 56.4 Å². The topological polar surface area (TPSA) is 52.0 Å². The molecule has 4 aromatic carbocycles.